The van der Waals surface area contributed by atoms with E-state index in [0.717, 1.165) is 12.1 Å². The Kier molecular flexibility index (Phi) is 6.36. The van der Waals surface area contributed by atoms with Crippen molar-refractivity contribution in [2.75, 3.05) is 12.4 Å². The van der Waals surface area contributed by atoms with E-state index in [1.54, 1.807) is 30.3 Å². The lowest BCUT2D eigenvalue weighted by Gasteiger charge is -2.08. The summed E-state index contributed by atoms with van der Waals surface area (Å²) in [6.45, 7) is 0. The van der Waals surface area contributed by atoms with Crippen molar-refractivity contribution in [3.8, 4) is 11.8 Å². The molecular formula is C18H13F3N2O3S. The first-order valence-electron chi connectivity index (χ1n) is 7.40. The number of anilines is 1. The summed E-state index contributed by atoms with van der Waals surface area (Å²) < 4.78 is 53.5. The minimum Gasteiger partial charge on any atom is -0.497 e. The van der Waals surface area contributed by atoms with Crippen molar-refractivity contribution in [2.24, 2.45) is 0 Å². The first-order valence-corrected chi connectivity index (χ1v) is 8.55. The van der Waals surface area contributed by atoms with Gasteiger partial charge in [-0.1, -0.05) is 12.1 Å². The summed E-state index contributed by atoms with van der Waals surface area (Å²) in [5, 5.41) is 11.6. The van der Waals surface area contributed by atoms with Crippen LogP contribution in [-0.2, 0) is 15.6 Å². The molecule has 0 aliphatic heterocycles. The van der Waals surface area contributed by atoms with Crippen molar-refractivity contribution >= 4 is 28.5 Å². The number of nitriles is 1. The number of carbonyl (C=O) groups is 1. The van der Waals surface area contributed by atoms with Gasteiger partial charge in [-0.2, -0.15) is 18.4 Å². The molecule has 5 nitrogen and oxygen atoms in total. The number of methoxy groups -OCH3 is 1. The fourth-order valence-corrected chi connectivity index (χ4v) is 2.66. The highest BCUT2D eigenvalue weighted by molar-refractivity contribution is 7.86. The highest BCUT2D eigenvalue weighted by Crippen LogP contribution is 2.27. The van der Waals surface area contributed by atoms with Crippen LogP contribution in [0, 0.1) is 11.3 Å². The van der Waals surface area contributed by atoms with E-state index < -0.39 is 27.1 Å². The monoisotopic (exact) mass is 394 g/mol. The number of nitrogens with zero attached hydrogens (tertiary/aromatic N) is 1. The van der Waals surface area contributed by atoms with E-state index >= 15 is 0 Å². The lowest BCUT2D eigenvalue weighted by atomic mass is 10.1. The molecule has 0 aliphatic carbocycles. The van der Waals surface area contributed by atoms with Crippen LogP contribution in [0.4, 0.5) is 18.9 Å². The summed E-state index contributed by atoms with van der Waals surface area (Å²) in [7, 11) is -1.64. The first-order chi connectivity index (χ1) is 12.7. The maximum atomic E-state index is 12.4. The van der Waals surface area contributed by atoms with Gasteiger partial charge in [0.1, 0.15) is 17.4 Å². The van der Waals surface area contributed by atoms with Crippen molar-refractivity contribution in [3.05, 3.63) is 59.7 Å². The Morgan fingerprint density at radius 3 is 2.22 bits per heavy atom. The molecule has 0 aliphatic rings. The number of rotatable bonds is 5. The molecule has 2 aromatic rings. The topological polar surface area (TPSA) is 79.2 Å². The second-order valence-corrected chi connectivity index (χ2v) is 6.61. The zero-order chi connectivity index (χ0) is 20.0. The predicted octanol–water partition coefficient (Wildman–Crippen LogP) is 3.87. The Hall–Kier alpha value is -3.12. The van der Waals surface area contributed by atoms with E-state index in [2.05, 4.69) is 5.32 Å². The molecule has 1 amide bonds. The van der Waals surface area contributed by atoms with Crippen molar-refractivity contribution in [3.63, 3.8) is 0 Å². The summed E-state index contributed by atoms with van der Waals surface area (Å²) in [5.41, 5.74) is -4.29. The van der Waals surface area contributed by atoms with Crippen LogP contribution in [0.5, 0.6) is 5.75 Å². The molecule has 140 valence electrons. The molecule has 0 spiro atoms. The molecule has 27 heavy (non-hydrogen) atoms. The standard InChI is InChI=1S/C18H13F3N2O3S/c1-26-15-6-2-12(3-7-15)10-13(11-22)17(24)23-14-4-8-16(9-5-14)27(25)18(19,20)21/h2-10H,1H3,(H,23,24)/b13-10+. The number of benzene rings is 2. The fraction of sp³-hybridized carbons (Fsp3) is 0.111. The van der Waals surface area contributed by atoms with Crippen LogP contribution < -0.4 is 10.1 Å². The van der Waals surface area contributed by atoms with Crippen LogP contribution in [0.25, 0.3) is 6.08 Å². The number of alkyl halides is 3. The molecule has 1 N–H and O–H groups in total. The van der Waals surface area contributed by atoms with E-state index in [-0.39, 0.29) is 11.3 Å². The SMILES string of the molecule is COc1ccc(/C=C(\C#N)C(=O)Nc2ccc(S(=O)C(F)(F)F)cc2)cc1. The van der Waals surface area contributed by atoms with Gasteiger partial charge < -0.3 is 10.1 Å². The van der Waals surface area contributed by atoms with Gasteiger partial charge in [0, 0.05) is 10.6 Å². The molecule has 2 aromatic carbocycles. The van der Waals surface area contributed by atoms with Gasteiger partial charge in [0.25, 0.3) is 5.91 Å². The minimum atomic E-state index is -4.86. The van der Waals surface area contributed by atoms with Crippen LogP contribution in [0.3, 0.4) is 0 Å². The van der Waals surface area contributed by atoms with Gasteiger partial charge >= 0.3 is 5.51 Å². The molecule has 0 saturated heterocycles. The highest BCUT2D eigenvalue weighted by atomic mass is 32.2. The van der Waals surface area contributed by atoms with E-state index in [1.165, 1.54) is 25.3 Å². The van der Waals surface area contributed by atoms with Crippen LogP contribution in [0.15, 0.2) is 59.0 Å². The van der Waals surface area contributed by atoms with Crippen LogP contribution in [-0.4, -0.2) is 22.7 Å². The second-order valence-electron chi connectivity index (χ2n) is 5.14. The average Bonchev–Trinajstić information content (AvgIpc) is 2.65. The molecule has 0 aromatic heterocycles. The van der Waals surface area contributed by atoms with Crippen LogP contribution >= 0.6 is 0 Å². The number of hydrogen-bond donors (Lipinski definition) is 1. The van der Waals surface area contributed by atoms with E-state index in [9.17, 15) is 27.4 Å². The molecule has 1 atom stereocenters. The average molecular weight is 394 g/mol. The normalized spacial score (nSPS) is 12.8. The molecule has 2 rings (SSSR count). The Morgan fingerprint density at radius 2 is 1.74 bits per heavy atom. The maximum absolute atomic E-state index is 12.4. The van der Waals surface area contributed by atoms with Crippen LogP contribution in [0.1, 0.15) is 5.56 Å². The van der Waals surface area contributed by atoms with Gasteiger partial charge in [-0.25, -0.2) is 4.21 Å². The van der Waals surface area contributed by atoms with Crippen molar-refractivity contribution in [1.29, 1.82) is 5.26 Å². The van der Waals surface area contributed by atoms with Crippen molar-refractivity contribution in [2.45, 2.75) is 10.4 Å². The second kappa shape index (κ2) is 8.51. The van der Waals surface area contributed by atoms with E-state index in [1.807, 2.05) is 0 Å². The van der Waals surface area contributed by atoms with E-state index in [0.29, 0.717) is 11.3 Å². The maximum Gasteiger partial charge on any atom is 0.475 e. The van der Waals surface area contributed by atoms with Gasteiger partial charge in [-0.15, -0.1) is 0 Å². The third-order valence-electron chi connectivity index (χ3n) is 3.33. The molecule has 0 saturated carbocycles. The zero-order valence-corrected chi connectivity index (χ0v) is 14.7. The molecular weight excluding hydrogens is 381 g/mol. The van der Waals surface area contributed by atoms with Gasteiger partial charge in [-0.05, 0) is 48.0 Å². The minimum absolute atomic E-state index is 0.166. The van der Waals surface area contributed by atoms with Gasteiger partial charge in [0.05, 0.1) is 7.11 Å². The number of carbonyl (C=O) groups excluding carboxylic acids is 1. The summed E-state index contributed by atoms with van der Waals surface area (Å²) in [4.78, 5) is 11.7. The Morgan fingerprint density at radius 1 is 1.15 bits per heavy atom. The summed E-state index contributed by atoms with van der Waals surface area (Å²) in [5.74, 6) is -0.107. The van der Waals surface area contributed by atoms with Gasteiger partial charge in [0.2, 0.25) is 0 Å². The Bertz CT molecular complexity index is 915. The Labute approximate surface area is 155 Å². The molecule has 0 radical (unpaired) electrons. The van der Waals surface area contributed by atoms with E-state index in [4.69, 9.17) is 4.74 Å². The third-order valence-corrected chi connectivity index (χ3v) is 4.45. The predicted molar refractivity (Wildman–Crippen MR) is 94.1 cm³/mol. The number of hydrogen-bond acceptors (Lipinski definition) is 4. The van der Waals surface area contributed by atoms with Gasteiger partial charge in [-0.3, -0.25) is 4.79 Å². The van der Waals surface area contributed by atoms with Gasteiger partial charge in [0.15, 0.2) is 10.8 Å². The molecule has 0 bridgehead atoms. The quantitative estimate of drug-likeness (QED) is 0.617. The number of amides is 1. The first kappa shape index (κ1) is 20.2. The molecule has 0 heterocycles. The zero-order valence-electron chi connectivity index (χ0n) is 13.9. The summed E-state index contributed by atoms with van der Waals surface area (Å²) >= 11 is 0. The molecule has 0 fully saturated rings. The number of nitrogens with one attached hydrogen (secondary N) is 1. The number of halogens is 3. The lowest BCUT2D eigenvalue weighted by molar-refractivity contribution is -0.112. The summed E-state index contributed by atoms with van der Waals surface area (Å²) in [6.07, 6.45) is 1.36. The molecule has 9 heteroatoms. The largest absolute Gasteiger partial charge is 0.497 e. The molecule has 1 unspecified atom stereocenters. The lowest BCUT2D eigenvalue weighted by Crippen LogP contribution is -2.16. The third kappa shape index (κ3) is 5.43. The fourth-order valence-electron chi connectivity index (χ4n) is 2.01. The smallest absolute Gasteiger partial charge is 0.475 e. The highest BCUT2D eigenvalue weighted by Gasteiger charge is 2.37. The summed E-state index contributed by atoms with van der Waals surface area (Å²) in [6, 6.07) is 12.8. The number of ether oxygens (including phenoxy) is 1. The van der Waals surface area contributed by atoms with Crippen molar-refractivity contribution < 1.29 is 26.9 Å². The van der Waals surface area contributed by atoms with Crippen LogP contribution in [0.2, 0.25) is 0 Å². The van der Waals surface area contributed by atoms with Crippen molar-refractivity contribution in [1.82, 2.24) is 0 Å². The Balaban J connectivity index is 2.13.